The molecule has 0 atom stereocenters. The molecule has 7 nitrogen and oxygen atoms in total. The molecule has 0 aliphatic heterocycles. The lowest BCUT2D eigenvalue weighted by molar-refractivity contribution is -0.274. The van der Waals surface area contributed by atoms with Crippen molar-refractivity contribution in [3.05, 3.63) is 35.5 Å². The number of aromatic carboxylic acids is 1. The molecule has 0 aliphatic rings. The maximum atomic E-state index is 12.0. The highest BCUT2D eigenvalue weighted by Gasteiger charge is 2.30. The van der Waals surface area contributed by atoms with Gasteiger partial charge in [0.1, 0.15) is 12.4 Å². The minimum absolute atomic E-state index is 0.0842. The molecular weight excluding hydrogens is 295 g/mol. The smallest absolute Gasteiger partial charge is 0.476 e. The Morgan fingerprint density at radius 3 is 2.52 bits per heavy atom. The first-order valence-electron chi connectivity index (χ1n) is 5.47. The lowest BCUT2D eigenvalue weighted by Gasteiger charge is -2.09. The van der Waals surface area contributed by atoms with Crippen molar-refractivity contribution in [1.29, 1.82) is 0 Å². The van der Waals surface area contributed by atoms with Crippen molar-refractivity contribution in [2.24, 2.45) is 0 Å². The summed E-state index contributed by atoms with van der Waals surface area (Å²) >= 11 is 0. The Morgan fingerprint density at radius 1 is 1.29 bits per heavy atom. The zero-order valence-electron chi connectivity index (χ0n) is 10.2. The van der Waals surface area contributed by atoms with E-state index in [0.29, 0.717) is 5.56 Å². The first-order chi connectivity index (χ1) is 9.85. The monoisotopic (exact) mass is 303 g/mol. The number of alkyl halides is 3. The van der Waals surface area contributed by atoms with Gasteiger partial charge < -0.3 is 14.6 Å². The van der Waals surface area contributed by atoms with E-state index in [1.54, 1.807) is 0 Å². The number of nitrogens with one attached hydrogen (secondary N) is 1. The number of hydrogen-bond acceptors (Lipinski definition) is 5. The molecule has 21 heavy (non-hydrogen) atoms. The summed E-state index contributed by atoms with van der Waals surface area (Å²) in [6.45, 7) is -0.0842. The molecule has 1 aromatic heterocycles. The molecule has 0 amide bonds. The number of aromatic nitrogens is 3. The summed E-state index contributed by atoms with van der Waals surface area (Å²) in [5.74, 6) is -1.86. The maximum Gasteiger partial charge on any atom is 0.573 e. The van der Waals surface area contributed by atoms with Crippen LogP contribution in [-0.4, -0.2) is 32.8 Å². The van der Waals surface area contributed by atoms with Crippen LogP contribution in [-0.2, 0) is 6.61 Å². The highest BCUT2D eigenvalue weighted by molar-refractivity contribution is 5.87. The molecule has 0 spiro atoms. The van der Waals surface area contributed by atoms with Crippen LogP contribution in [0, 0.1) is 0 Å². The van der Waals surface area contributed by atoms with Gasteiger partial charge >= 0.3 is 12.3 Å². The average molecular weight is 303 g/mol. The van der Waals surface area contributed by atoms with Crippen LogP contribution in [0.4, 0.5) is 13.2 Å². The summed E-state index contributed by atoms with van der Waals surface area (Å²) in [6.07, 6.45) is -4.75. The zero-order valence-corrected chi connectivity index (χ0v) is 10.2. The Labute approximate surface area is 115 Å². The Kier molecular flexibility index (Phi) is 3.96. The van der Waals surface area contributed by atoms with Crippen molar-refractivity contribution in [3.63, 3.8) is 0 Å². The van der Waals surface area contributed by atoms with Crippen molar-refractivity contribution < 1.29 is 32.5 Å². The third kappa shape index (κ3) is 4.09. The van der Waals surface area contributed by atoms with Crippen LogP contribution < -0.4 is 9.47 Å². The van der Waals surface area contributed by atoms with Gasteiger partial charge in [0.15, 0.2) is 0 Å². The molecular formula is C11H8F3N3O4. The van der Waals surface area contributed by atoms with Gasteiger partial charge in [-0.1, -0.05) is 22.4 Å². The third-order valence-electron chi connectivity index (χ3n) is 2.26. The van der Waals surface area contributed by atoms with Gasteiger partial charge in [-0.25, -0.2) is 9.89 Å². The van der Waals surface area contributed by atoms with Gasteiger partial charge in [-0.2, -0.15) is 0 Å². The van der Waals surface area contributed by atoms with Crippen molar-refractivity contribution in [3.8, 4) is 11.6 Å². The van der Waals surface area contributed by atoms with Gasteiger partial charge in [0.05, 0.1) is 0 Å². The molecule has 2 aromatic rings. The summed E-state index contributed by atoms with van der Waals surface area (Å²) in [5, 5.41) is 17.6. The normalized spacial score (nSPS) is 11.2. The number of benzene rings is 1. The molecule has 112 valence electrons. The van der Waals surface area contributed by atoms with E-state index in [1.807, 2.05) is 0 Å². The average Bonchev–Trinajstić information content (AvgIpc) is 2.84. The Hall–Kier alpha value is -2.78. The second kappa shape index (κ2) is 5.69. The molecule has 0 saturated heterocycles. The summed E-state index contributed by atoms with van der Waals surface area (Å²) in [6, 6.07) is 4.93. The molecule has 0 saturated carbocycles. The van der Waals surface area contributed by atoms with Crippen LogP contribution in [0.1, 0.15) is 16.1 Å². The maximum absolute atomic E-state index is 12.0. The van der Waals surface area contributed by atoms with Crippen molar-refractivity contribution in [2.45, 2.75) is 13.0 Å². The van der Waals surface area contributed by atoms with E-state index in [0.717, 1.165) is 12.1 Å². The lowest BCUT2D eigenvalue weighted by atomic mass is 10.2. The van der Waals surface area contributed by atoms with Gasteiger partial charge in [0.2, 0.25) is 5.69 Å². The SMILES string of the molecule is O=C(O)c1[nH]nnc1OCc1ccc(OC(F)(F)F)cc1. The molecule has 1 heterocycles. The molecule has 0 radical (unpaired) electrons. The molecule has 0 aliphatic carbocycles. The summed E-state index contributed by atoms with van der Waals surface area (Å²) < 4.78 is 44.8. The summed E-state index contributed by atoms with van der Waals surface area (Å²) in [5.41, 5.74) is 0.191. The van der Waals surface area contributed by atoms with E-state index < -0.39 is 12.3 Å². The van der Waals surface area contributed by atoms with Crippen molar-refractivity contribution in [1.82, 2.24) is 15.4 Å². The number of ether oxygens (including phenoxy) is 2. The van der Waals surface area contributed by atoms with Gasteiger partial charge in [-0.3, -0.25) is 0 Å². The summed E-state index contributed by atoms with van der Waals surface area (Å²) in [4.78, 5) is 10.8. The van der Waals surface area contributed by atoms with Gasteiger partial charge in [0.25, 0.3) is 5.88 Å². The highest BCUT2D eigenvalue weighted by atomic mass is 19.4. The van der Waals surface area contributed by atoms with E-state index in [4.69, 9.17) is 9.84 Å². The van der Waals surface area contributed by atoms with Crippen molar-refractivity contribution in [2.75, 3.05) is 0 Å². The standard InChI is InChI=1S/C11H8F3N3O4/c12-11(13,14)21-7-3-1-6(2-4-7)5-20-9-8(10(18)19)15-17-16-9/h1-4H,5H2,(H,18,19)(H,15,16,17). The minimum atomic E-state index is -4.75. The van der Waals surface area contributed by atoms with Crippen LogP contribution in [0.2, 0.25) is 0 Å². The lowest BCUT2D eigenvalue weighted by Crippen LogP contribution is -2.17. The predicted octanol–water partition coefficient (Wildman–Crippen LogP) is 1.98. The number of H-pyrrole nitrogens is 1. The second-order valence-corrected chi connectivity index (χ2v) is 3.78. The van der Waals surface area contributed by atoms with Crippen LogP contribution in [0.15, 0.2) is 24.3 Å². The van der Waals surface area contributed by atoms with Gasteiger partial charge in [-0.15, -0.1) is 13.2 Å². The number of halogens is 3. The molecule has 0 fully saturated rings. The molecule has 0 bridgehead atoms. The number of nitrogens with zero attached hydrogens (tertiary/aromatic N) is 2. The Bertz CT molecular complexity index is 624. The van der Waals surface area contributed by atoms with Gasteiger partial charge in [0, 0.05) is 0 Å². The first-order valence-corrected chi connectivity index (χ1v) is 5.47. The summed E-state index contributed by atoms with van der Waals surface area (Å²) in [7, 11) is 0. The van der Waals surface area contributed by atoms with Crippen LogP contribution in [0.25, 0.3) is 0 Å². The molecule has 2 N–H and O–H groups in total. The van der Waals surface area contributed by atoms with E-state index in [1.165, 1.54) is 12.1 Å². The fourth-order valence-electron chi connectivity index (χ4n) is 1.40. The molecule has 2 rings (SSSR count). The Balaban J connectivity index is 1.98. The largest absolute Gasteiger partial charge is 0.573 e. The topological polar surface area (TPSA) is 97.3 Å². The fraction of sp³-hybridized carbons (Fsp3) is 0.182. The highest BCUT2D eigenvalue weighted by Crippen LogP contribution is 2.23. The first kappa shape index (κ1) is 14.6. The molecule has 10 heteroatoms. The number of rotatable bonds is 5. The van der Waals surface area contributed by atoms with Crippen LogP contribution in [0.5, 0.6) is 11.6 Å². The number of carboxylic acids is 1. The number of hydrogen-bond donors (Lipinski definition) is 2. The number of carboxylic acid groups (broad SMARTS) is 1. The van der Waals surface area contributed by atoms with E-state index in [-0.39, 0.29) is 23.9 Å². The predicted molar refractivity (Wildman–Crippen MR) is 60.8 cm³/mol. The van der Waals surface area contributed by atoms with Crippen LogP contribution in [0.3, 0.4) is 0 Å². The van der Waals surface area contributed by atoms with E-state index in [9.17, 15) is 18.0 Å². The third-order valence-corrected chi connectivity index (χ3v) is 2.26. The zero-order chi connectivity index (χ0) is 15.5. The van der Waals surface area contributed by atoms with Gasteiger partial charge in [-0.05, 0) is 17.7 Å². The van der Waals surface area contributed by atoms with E-state index in [2.05, 4.69) is 20.1 Å². The number of aromatic amines is 1. The van der Waals surface area contributed by atoms with E-state index >= 15 is 0 Å². The second-order valence-electron chi connectivity index (χ2n) is 3.78. The molecule has 0 unspecified atom stereocenters. The quantitative estimate of drug-likeness (QED) is 0.876. The minimum Gasteiger partial charge on any atom is -0.476 e. The molecule has 1 aromatic carbocycles. The van der Waals surface area contributed by atoms with Crippen molar-refractivity contribution >= 4 is 5.97 Å². The van der Waals surface area contributed by atoms with Crippen LogP contribution >= 0.6 is 0 Å². The fourth-order valence-corrected chi connectivity index (χ4v) is 1.40. The Morgan fingerprint density at radius 2 is 1.95 bits per heavy atom. The number of carbonyl (C=O) groups is 1.